The van der Waals surface area contributed by atoms with Gasteiger partial charge in [-0.1, -0.05) is 15.9 Å². The summed E-state index contributed by atoms with van der Waals surface area (Å²) in [4.78, 5) is 11.4. The maximum absolute atomic E-state index is 11.4. The number of ether oxygens (including phenoxy) is 2. The summed E-state index contributed by atoms with van der Waals surface area (Å²) < 4.78 is 11.6. The first-order valence-electron chi connectivity index (χ1n) is 5.95. The van der Waals surface area contributed by atoms with E-state index in [1.54, 1.807) is 0 Å². The molecule has 0 saturated heterocycles. The normalized spacial score (nSPS) is 13.1. The van der Waals surface area contributed by atoms with Gasteiger partial charge in [-0.3, -0.25) is 0 Å². The average molecular weight is 314 g/mol. The van der Waals surface area contributed by atoms with Crippen LogP contribution in [0.1, 0.15) is 25.0 Å². The van der Waals surface area contributed by atoms with Crippen molar-refractivity contribution in [1.29, 1.82) is 0 Å². The van der Waals surface area contributed by atoms with E-state index in [4.69, 9.17) is 9.47 Å². The number of carbonyl (C=O) groups excluding carboxylic acids is 1. The SMILES string of the molecule is CC(C)OC(=O)NCc1cc(Br)cc2c1OCC2. The van der Waals surface area contributed by atoms with Gasteiger partial charge in [0.1, 0.15) is 5.75 Å². The number of fused-ring (bicyclic) bond motifs is 1. The molecule has 0 atom stereocenters. The van der Waals surface area contributed by atoms with Crippen LogP contribution in [0.25, 0.3) is 0 Å². The third kappa shape index (κ3) is 3.16. The van der Waals surface area contributed by atoms with Gasteiger partial charge in [-0.05, 0) is 31.5 Å². The van der Waals surface area contributed by atoms with Gasteiger partial charge in [-0.15, -0.1) is 0 Å². The number of nitrogens with one attached hydrogen (secondary N) is 1. The molecule has 0 bridgehead atoms. The van der Waals surface area contributed by atoms with Gasteiger partial charge in [0.2, 0.25) is 0 Å². The molecule has 0 fully saturated rings. The van der Waals surface area contributed by atoms with Crippen LogP contribution in [0.5, 0.6) is 5.75 Å². The number of hydrogen-bond donors (Lipinski definition) is 1. The van der Waals surface area contributed by atoms with E-state index in [1.165, 1.54) is 5.56 Å². The van der Waals surface area contributed by atoms with Crippen LogP contribution in [0.3, 0.4) is 0 Å². The Balaban J connectivity index is 2.04. The highest BCUT2D eigenvalue weighted by molar-refractivity contribution is 9.10. The van der Waals surface area contributed by atoms with E-state index >= 15 is 0 Å². The Morgan fingerprint density at radius 2 is 2.33 bits per heavy atom. The predicted molar refractivity (Wildman–Crippen MR) is 71.8 cm³/mol. The molecule has 0 unspecified atom stereocenters. The second-order valence-corrected chi connectivity index (χ2v) is 5.37. The van der Waals surface area contributed by atoms with Gasteiger partial charge in [0.05, 0.1) is 12.7 Å². The second-order valence-electron chi connectivity index (χ2n) is 4.46. The molecule has 5 heteroatoms. The Bertz CT molecular complexity index is 460. The lowest BCUT2D eigenvalue weighted by atomic mass is 10.1. The zero-order valence-electron chi connectivity index (χ0n) is 10.5. The molecule has 1 N–H and O–H groups in total. The van der Waals surface area contributed by atoms with Crippen molar-refractivity contribution in [3.63, 3.8) is 0 Å². The highest BCUT2D eigenvalue weighted by atomic mass is 79.9. The maximum atomic E-state index is 11.4. The standard InChI is InChI=1S/C13H16BrNO3/c1-8(2)18-13(16)15-7-10-6-11(14)5-9-3-4-17-12(9)10/h5-6,8H,3-4,7H2,1-2H3,(H,15,16). The van der Waals surface area contributed by atoms with E-state index in [1.807, 2.05) is 19.9 Å². The van der Waals surface area contributed by atoms with Crippen molar-refractivity contribution in [3.05, 3.63) is 27.7 Å². The number of hydrogen-bond acceptors (Lipinski definition) is 3. The van der Waals surface area contributed by atoms with Gasteiger partial charge in [0.25, 0.3) is 0 Å². The van der Waals surface area contributed by atoms with Gasteiger partial charge in [-0.2, -0.15) is 0 Å². The zero-order chi connectivity index (χ0) is 13.1. The minimum absolute atomic E-state index is 0.116. The maximum Gasteiger partial charge on any atom is 0.407 e. The van der Waals surface area contributed by atoms with Crippen LogP contribution < -0.4 is 10.1 Å². The molecule has 1 aliphatic rings. The molecule has 0 aliphatic carbocycles. The van der Waals surface area contributed by atoms with E-state index in [0.717, 1.165) is 22.2 Å². The molecule has 4 nitrogen and oxygen atoms in total. The summed E-state index contributed by atoms with van der Waals surface area (Å²) in [5.41, 5.74) is 2.15. The third-order valence-corrected chi connectivity index (χ3v) is 3.05. The van der Waals surface area contributed by atoms with Gasteiger partial charge < -0.3 is 14.8 Å². The second kappa shape index (κ2) is 5.61. The molecule has 0 aromatic heterocycles. The first-order chi connectivity index (χ1) is 8.56. The summed E-state index contributed by atoms with van der Waals surface area (Å²) in [5, 5.41) is 2.73. The van der Waals surface area contributed by atoms with E-state index in [-0.39, 0.29) is 6.10 Å². The summed E-state index contributed by atoms with van der Waals surface area (Å²) in [7, 11) is 0. The van der Waals surface area contributed by atoms with Gasteiger partial charge >= 0.3 is 6.09 Å². The summed E-state index contributed by atoms with van der Waals surface area (Å²) in [6, 6.07) is 4.01. The summed E-state index contributed by atoms with van der Waals surface area (Å²) in [6.07, 6.45) is 0.393. The van der Waals surface area contributed by atoms with Crippen LogP contribution >= 0.6 is 15.9 Å². The molecule has 1 aromatic carbocycles. The van der Waals surface area contributed by atoms with Crippen LogP contribution in [0.15, 0.2) is 16.6 Å². The number of halogens is 1. The van der Waals surface area contributed by atoms with E-state index in [2.05, 4.69) is 27.3 Å². The van der Waals surface area contributed by atoms with Crippen LogP contribution in [0, 0.1) is 0 Å². The molecule has 1 amide bonds. The zero-order valence-corrected chi connectivity index (χ0v) is 12.0. The predicted octanol–water partition coefficient (Wildman–Crippen LogP) is 3.02. The third-order valence-electron chi connectivity index (χ3n) is 2.59. The molecule has 1 aromatic rings. The molecule has 2 rings (SSSR count). The number of carbonyl (C=O) groups is 1. The Labute approximate surface area is 115 Å². The van der Waals surface area contributed by atoms with Crippen molar-refractivity contribution < 1.29 is 14.3 Å². The fourth-order valence-electron chi connectivity index (χ4n) is 1.90. The summed E-state index contributed by atoms with van der Waals surface area (Å²) in [5.74, 6) is 0.892. The molecular formula is C13H16BrNO3. The lowest BCUT2D eigenvalue weighted by molar-refractivity contribution is 0.115. The monoisotopic (exact) mass is 313 g/mol. The quantitative estimate of drug-likeness (QED) is 0.933. The van der Waals surface area contributed by atoms with Crippen molar-refractivity contribution >= 4 is 22.0 Å². The molecule has 0 saturated carbocycles. The molecule has 98 valence electrons. The van der Waals surface area contributed by atoms with Gasteiger partial charge in [0, 0.05) is 23.0 Å². The lowest BCUT2D eigenvalue weighted by Crippen LogP contribution is -2.26. The van der Waals surface area contributed by atoms with Crippen LogP contribution in [0.4, 0.5) is 4.79 Å². The van der Waals surface area contributed by atoms with Crippen LogP contribution in [-0.2, 0) is 17.7 Å². The van der Waals surface area contributed by atoms with Crippen molar-refractivity contribution in [3.8, 4) is 5.75 Å². The topological polar surface area (TPSA) is 47.6 Å². The largest absolute Gasteiger partial charge is 0.493 e. The fraction of sp³-hybridized carbons (Fsp3) is 0.462. The van der Waals surface area contributed by atoms with Crippen LogP contribution in [0.2, 0.25) is 0 Å². The van der Waals surface area contributed by atoms with Gasteiger partial charge in [-0.25, -0.2) is 4.79 Å². The van der Waals surface area contributed by atoms with Crippen molar-refractivity contribution in [2.75, 3.05) is 6.61 Å². The van der Waals surface area contributed by atoms with Gasteiger partial charge in [0.15, 0.2) is 0 Å². The molecule has 1 heterocycles. The first-order valence-corrected chi connectivity index (χ1v) is 6.74. The Morgan fingerprint density at radius 3 is 3.06 bits per heavy atom. The van der Waals surface area contributed by atoms with Crippen molar-refractivity contribution in [1.82, 2.24) is 5.32 Å². The minimum Gasteiger partial charge on any atom is -0.493 e. The van der Waals surface area contributed by atoms with Crippen LogP contribution in [-0.4, -0.2) is 18.8 Å². The number of benzene rings is 1. The van der Waals surface area contributed by atoms with Crippen molar-refractivity contribution in [2.24, 2.45) is 0 Å². The molecule has 1 aliphatic heterocycles. The first kappa shape index (κ1) is 13.2. The molecule has 0 radical (unpaired) electrons. The van der Waals surface area contributed by atoms with E-state index < -0.39 is 6.09 Å². The number of alkyl carbamates (subject to hydrolysis) is 1. The Kier molecular flexibility index (Phi) is 4.11. The lowest BCUT2D eigenvalue weighted by Gasteiger charge is -2.12. The Morgan fingerprint density at radius 1 is 1.56 bits per heavy atom. The smallest absolute Gasteiger partial charge is 0.407 e. The average Bonchev–Trinajstić information content (AvgIpc) is 2.72. The van der Waals surface area contributed by atoms with Crippen molar-refractivity contribution in [2.45, 2.75) is 32.9 Å². The molecule has 18 heavy (non-hydrogen) atoms. The fourth-order valence-corrected chi connectivity index (χ4v) is 2.45. The highest BCUT2D eigenvalue weighted by Crippen LogP contribution is 2.32. The molecule has 0 spiro atoms. The van der Waals surface area contributed by atoms with E-state index in [9.17, 15) is 4.79 Å². The Hall–Kier alpha value is -1.23. The number of amides is 1. The minimum atomic E-state index is -0.406. The highest BCUT2D eigenvalue weighted by Gasteiger charge is 2.18. The number of rotatable bonds is 3. The molecular weight excluding hydrogens is 298 g/mol. The summed E-state index contributed by atoms with van der Waals surface area (Å²) in [6.45, 7) is 4.75. The van der Waals surface area contributed by atoms with E-state index in [0.29, 0.717) is 13.2 Å². The summed E-state index contributed by atoms with van der Waals surface area (Å²) >= 11 is 3.46.